The van der Waals surface area contributed by atoms with Crippen LogP contribution in [0.5, 0.6) is 0 Å². The maximum atomic E-state index is 10.7. The molecule has 0 saturated carbocycles. The Morgan fingerprint density at radius 3 is 3.00 bits per heavy atom. The zero-order valence-corrected chi connectivity index (χ0v) is 12.1. The minimum Gasteiger partial charge on any atom is -0.476 e. The van der Waals surface area contributed by atoms with Gasteiger partial charge in [0, 0.05) is 14.9 Å². The van der Waals surface area contributed by atoms with Crippen molar-refractivity contribution < 1.29 is 9.90 Å². The van der Waals surface area contributed by atoms with Crippen LogP contribution >= 0.6 is 38.9 Å². The second-order valence-corrected chi connectivity index (χ2v) is 5.58. The van der Waals surface area contributed by atoms with Gasteiger partial charge in [0.25, 0.3) is 0 Å². The molecule has 1 aromatic heterocycles. The third-order valence-corrected chi connectivity index (χ3v) is 3.93. The number of halogens is 2. The Morgan fingerprint density at radius 1 is 1.56 bits per heavy atom. The summed E-state index contributed by atoms with van der Waals surface area (Å²) in [6.07, 6.45) is 0. The molecule has 2 N–H and O–H groups in total. The molecule has 0 saturated heterocycles. The number of carboxylic acid groups (broad SMARTS) is 1. The molecule has 0 aliphatic carbocycles. The summed E-state index contributed by atoms with van der Waals surface area (Å²) in [5.41, 5.74) is 1.52. The third kappa shape index (κ3) is 3.22. The number of anilines is 1. The Morgan fingerprint density at radius 2 is 2.33 bits per heavy atom. The van der Waals surface area contributed by atoms with Crippen LogP contribution in [0.2, 0.25) is 5.02 Å². The predicted molar refractivity (Wildman–Crippen MR) is 75.6 cm³/mol. The first-order valence-electron chi connectivity index (χ1n) is 4.93. The minimum atomic E-state index is -1.00. The Bertz CT molecular complexity index is 588. The van der Waals surface area contributed by atoms with Gasteiger partial charge in [-0.3, -0.25) is 0 Å². The summed E-state index contributed by atoms with van der Waals surface area (Å²) in [6, 6.07) is 5.41. The van der Waals surface area contributed by atoms with E-state index in [1.807, 2.05) is 6.07 Å². The van der Waals surface area contributed by atoms with E-state index in [2.05, 4.69) is 26.2 Å². The molecule has 94 valence electrons. The van der Waals surface area contributed by atoms with Crippen LogP contribution in [-0.4, -0.2) is 16.1 Å². The first kappa shape index (κ1) is 13.3. The van der Waals surface area contributed by atoms with Crippen molar-refractivity contribution in [1.82, 2.24) is 4.98 Å². The van der Waals surface area contributed by atoms with Crippen LogP contribution in [-0.2, 0) is 6.54 Å². The molecule has 0 unspecified atom stereocenters. The second kappa shape index (κ2) is 5.69. The zero-order valence-electron chi connectivity index (χ0n) is 8.98. The number of aromatic carboxylic acids is 1. The highest BCUT2D eigenvalue weighted by atomic mass is 79.9. The van der Waals surface area contributed by atoms with Crippen LogP contribution in [0.4, 0.5) is 5.69 Å². The molecule has 0 amide bonds. The van der Waals surface area contributed by atoms with Crippen molar-refractivity contribution >= 4 is 50.5 Å². The van der Waals surface area contributed by atoms with Gasteiger partial charge in [-0.25, -0.2) is 9.78 Å². The monoisotopic (exact) mass is 346 g/mol. The maximum Gasteiger partial charge on any atom is 0.365 e. The first-order chi connectivity index (χ1) is 8.56. The fourth-order valence-corrected chi connectivity index (χ4v) is 2.52. The number of hydrogen-bond donors (Lipinski definition) is 2. The Hall–Kier alpha value is -1.11. The summed E-state index contributed by atoms with van der Waals surface area (Å²) in [6.45, 7) is 0.447. The fourth-order valence-electron chi connectivity index (χ4n) is 1.31. The molecule has 0 aliphatic rings. The Labute approximate surface area is 121 Å². The molecule has 2 rings (SSSR count). The molecule has 0 atom stereocenters. The highest BCUT2D eigenvalue weighted by Gasteiger charge is 2.09. The van der Waals surface area contributed by atoms with Gasteiger partial charge in [-0.2, -0.15) is 0 Å². The topological polar surface area (TPSA) is 62.2 Å². The van der Waals surface area contributed by atoms with Gasteiger partial charge in [0.15, 0.2) is 0 Å². The van der Waals surface area contributed by atoms with Crippen molar-refractivity contribution in [3.63, 3.8) is 0 Å². The number of carbonyl (C=O) groups is 1. The maximum absolute atomic E-state index is 10.7. The highest BCUT2D eigenvalue weighted by molar-refractivity contribution is 9.10. The van der Waals surface area contributed by atoms with Gasteiger partial charge < -0.3 is 10.4 Å². The largest absolute Gasteiger partial charge is 0.476 e. The van der Waals surface area contributed by atoms with E-state index >= 15 is 0 Å². The van der Waals surface area contributed by atoms with E-state index in [1.165, 1.54) is 0 Å². The van der Waals surface area contributed by atoms with Crippen LogP contribution in [0.3, 0.4) is 0 Å². The number of hydrogen-bond acceptors (Lipinski definition) is 4. The van der Waals surface area contributed by atoms with E-state index in [0.29, 0.717) is 17.3 Å². The summed E-state index contributed by atoms with van der Waals surface area (Å²) >= 11 is 10.4. The minimum absolute atomic E-state index is 0.0944. The first-order valence-corrected chi connectivity index (χ1v) is 6.98. The van der Waals surface area contributed by atoms with Crippen molar-refractivity contribution in [3.05, 3.63) is 43.8 Å². The number of carboxylic acids is 1. The van der Waals surface area contributed by atoms with Crippen molar-refractivity contribution in [2.75, 3.05) is 5.32 Å². The van der Waals surface area contributed by atoms with E-state index in [1.54, 1.807) is 17.5 Å². The molecule has 0 fully saturated rings. The smallest absolute Gasteiger partial charge is 0.365 e. The Balaban J connectivity index is 2.06. The molecule has 2 aromatic rings. The Kier molecular flexibility index (Phi) is 4.21. The van der Waals surface area contributed by atoms with Crippen LogP contribution in [0.25, 0.3) is 0 Å². The van der Waals surface area contributed by atoms with Crippen molar-refractivity contribution in [1.29, 1.82) is 0 Å². The van der Waals surface area contributed by atoms with Crippen molar-refractivity contribution in [2.45, 2.75) is 6.54 Å². The molecule has 1 heterocycles. The number of thiazole rings is 1. The standard InChI is InChI=1S/C11H8BrClN2O2S/c12-8-2-1-6(13)3-9(8)14-4-7-5-18-10(15-7)11(16)17/h1-3,5,14H,4H2,(H,16,17). The molecule has 1 aromatic carbocycles. The van der Waals surface area contributed by atoms with Crippen LogP contribution < -0.4 is 5.32 Å². The summed E-state index contributed by atoms with van der Waals surface area (Å²) in [5.74, 6) is -1.00. The second-order valence-electron chi connectivity index (χ2n) is 3.43. The molecule has 0 spiro atoms. The van der Waals surface area contributed by atoms with Crippen molar-refractivity contribution in [3.8, 4) is 0 Å². The predicted octanol–water partition coefficient (Wildman–Crippen LogP) is 3.87. The molecule has 0 aliphatic heterocycles. The molecular formula is C11H8BrClN2O2S. The molecular weight excluding hydrogens is 340 g/mol. The van der Waals surface area contributed by atoms with Crippen LogP contribution in [0.1, 0.15) is 15.5 Å². The molecule has 0 bridgehead atoms. The van der Waals surface area contributed by atoms with Crippen LogP contribution in [0.15, 0.2) is 28.1 Å². The van der Waals surface area contributed by atoms with Gasteiger partial charge in [-0.15, -0.1) is 11.3 Å². The number of rotatable bonds is 4. The molecule has 0 radical (unpaired) electrons. The lowest BCUT2D eigenvalue weighted by atomic mass is 10.3. The fraction of sp³-hybridized carbons (Fsp3) is 0.0909. The quantitative estimate of drug-likeness (QED) is 0.881. The van der Waals surface area contributed by atoms with Gasteiger partial charge in [0.05, 0.1) is 17.9 Å². The molecule has 4 nitrogen and oxygen atoms in total. The lowest BCUT2D eigenvalue weighted by Crippen LogP contribution is -2.02. The average molecular weight is 348 g/mol. The van der Waals surface area contributed by atoms with Gasteiger partial charge >= 0.3 is 5.97 Å². The highest BCUT2D eigenvalue weighted by Crippen LogP contribution is 2.26. The van der Waals surface area contributed by atoms with Gasteiger partial charge in [-0.1, -0.05) is 11.6 Å². The van der Waals surface area contributed by atoms with Gasteiger partial charge in [-0.05, 0) is 34.1 Å². The lowest BCUT2D eigenvalue weighted by molar-refractivity contribution is 0.0696. The van der Waals surface area contributed by atoms with E-state index in [4.69, 9.17) is 16.7 Å². The van der Waals surface area contributed by atoms with Gasteiger partial charge in [0.2, 0.25) is 5.01 Å². The van der Waals surface area contributed by atoms with E-state index < -0.39 is 5.97 Å². The average Bonchev–Trinajstić information content (AvgIpc) is 2.79. The molecule has 7 heteroatoms. The summed E-state index contributed by atoms with van der Waals surface area (Å²) < 4.78 is 0.889. The summed E-state index contributed by atoms with van der Waals surface area (Å²) in [4.78, 5) is 14.7. The zero-order chi connectivity index (χ0) is 13.1. The van der Waals surface area contributed by atoms with Crippen molar-refractivity contribution in [2.24, 2.45) is 0 Å². The SMILES string of the molecule is O=C(O)c1nc(CNc2cc(Cl)ccc2Br)cs1. The van der Waals surface area contributed by atoms with E-state index in [9.17, 15) is 4.79 Å². The van der Waals surface area contributed by atoms with E-state index in [0.717, 1.165) is 21.5 Å². The number of nitrogens with zero attached hydrogens (tertiary/aromatic N) is 1. The number of nitrogens with one attached hydrogen (secondary N) is 1. The third-order valence-electron chi connectivity index (χ3n) is 2.12. The summed E-state index contributed by atoms with van der Waals surface area (Å²) in [5, 5.41) is 14.4. The number of benzene rings is 1. The summed E-state index contributed by atoms with van der Waals surface area (Å²) in [7, 11) is 0. The normalized spacial score (nSPS) is 10.3. The number of aromatic nitrogens is 1. The van der Waals surface area contributed by atoms with E-state index in [-0.39, 0.29) is 5.01 Å². The van der Waals surface area contributed by atoms with Crippen LogP contribution in [0, 0.1) is 0 Å². The van der Waals surface area contributed by atoms with Gasteiger partial charge in [0.1, 0.15) is 0 Å². The molecule has 18 heavy (non-hydrogen) atoms. The lowest BCUT2D eigenvalue weighted by Gasteiger charge is -2.07.